The van der Waals surface area contributed by atoms with Crippen LogP contribution in [0.15, 0.2) is 85.8 Å². The molecule has 13 heteroatoms. The number of rotatable bonds is 9. The normalized spacial score (nSPS) is 12.3. The number of carboxylic acids is 2. The first-order chi connectivity index (χ1) is 17.1. The number of hydrogen-bond donors (Lipinski definition) is 3. The molecule has 4 rings (SSSR count). The molecule has 0 bridgehead atoms. The molecular formula is C23H19N3O9S. The molecule has 0 amide bonds. The molecule has 36 heavy (non-hydrogen) atoms. The lowest BCUT2D eigenvalue weighted by atomic mass is 10.1. The van der Waals surface area contributed by atoms with Gasteiger partial charge in [0, 0.05) is 5.69 Å². The Morgan fingerprint density at radius 1 is 1.00 bits per heavy atom. The number of carboxylic acid groups (broad SMARTS) is 2. The van der Waals surface area contributed by atoms with Gasteiger partial charge >= 0.3 is 17.6 Å². The zero-order valence-corrected chi connectivity index (χ0v) is 19.2. The Morgan fingerprint density at radius 3 is 2.33 bits per heavy atom. The number of aliphatic carboxylic acids is 2. The summed E-state index contributed by atoms with van der Waals surface area (Å²) in [5.41, 5.74) is -2.10. The van der Waals surface area contributed by atoms with Gasteiger partial charge in [-0.3, -0.25) is 18.9 Å². The fraction of sp³-hybridized carbons (Fsp3) is 0.130. The minimum atomic E-state index is -4.02. The predicted molar refractivity (Wildman–Crippen MR) is 126 cm³/mol. The summed E-state index contributed by atoms with van der Waals surface area (Å²) in [5.74, 6) is -2.92. The lowest BCUT2D eigenvalue weighted by molar-refractivity contribution is -0.147. The highest BCUT2D eigenvalue weighted by Gasteiger charge is 2.29. The first kappa shape index (κ1) is 24.5. The molecule has 0 radical (unpaired) electrons. The van der Waals surface area contributed by atoms with Crippen molar-refractivity contribution in [2.45, 2.75) is 23.9 Å². The Morgan fingerprint density at radius 2 is 1.72 bits per heavy atom. The van der Waals surface area contributed by atoms with Crippen molar-refractivity contribution in [3.8, 4) is 0 Å². The molecule has 0 fully saturated rings. The van der Waals surface area contributed by atoms with Crippen molar-refractivity contribution in [2.75, 3.05) is 4.72 Å². The van der Waals surface area contributed by atoms with Gasteiger partial charge in [0.1, 0.15) is 11.8 Å². The van der Waals surface area contributed by atoms with Crippen LogP contribution in [0.1, 0.15) is 18.2 Å². The number of fused-ring (bicyclic) bond motifs is 1. The Hall–Kier alpha value is -4.65. The van der Waals surface area contributed by atoms with Crippen LogP contribution in [0.5, 0.6) is 0 Å². The van der Waals surface area contributed by atoms with Crippen molar-refractivity contribution in [2.24, 2.45) is 0 Å². The van der Waals surface area contributed by atoms with E-state index >= 15 is 0 Å². The zero-order chi connectivity index (χ0) is 26.0. The van der Waals surface area contributed by atoms with Gasteiger partial charge in [0.25, 0.3) is 15.6 Å². The number of sulfonamides is 1. The smallest absolute Gasteiger partial charge is 0.332 e. The van der Waals surface area contributed by atoms with Gasteiger partial charge in [0.2, 0.25) is 0 Å². The van der Waals surface area contributed by atoms with Crippen LogP contribution < -0.4 is 16.0 Å². The number of benzene rings is 2. The maximum atomic E-state index is 13.3. The first-order valence-electron chi connectivity index (χ1n) is 10.4. The van der Waals surface area contributed by atoms with E-state index in [1.54, 1.807) is 18.2 Å². The third-order valence-electron chi connectivity index (χ3n) is 5.34. The van der Waals surface area contributed by atoms with Gasteiger partial charge in [-0.1, -0.05) is 18.2 Å². The van der Waals surface area contributed by atoms with Gasteiger partial charge in [-0.05, 0) is 42.5 Å². The lowest BCUT2D eigenvalue weighted by Crippen LogP contribution is -2.45. The molecule has 0 unspecified atom stereocenters. The molecule has 3 N–H and O–H groups in total. The van der Waals surface area contributed by atoms with E-state index in [0.29, 0.717) is 10.3 Å². The number of hydrogen-bond acceptors (Lipinski definition) is 7. The first-order valence-corrected chi connectivity index (χ1v) is 11.9. The highest BCUT2D eigenvalue weighted by molar-refractivity contribution is 7.92. The number of aromatic nitrogens is 2. The molecule has 0 aliphatic heterocycles. The Kier molecular flexibility index (Phi) is 6.49. The number of anilines is 1. The Bertz CT molecular complexity index is 1670. The van der Waals surface area contributed by atoms with Crippen molar-refractivity contribution in [3.63, 3.8) is 0 Å². The lowest BCUT2D eigenvalue weighted by Gasteiger charge is -2.18. The predicted octanol–water partition coefficient (Wildman–Crippen LogP) is 1.71. The SMILES string of the molecule is O=C(O)C[C@@H](C(=O)O)n1c(=O)c2cc(NS(=O)(=O)c3ccccc3)ccc2n(Cc2ccco2)c1=O. The van der Waals surface area contributed by atoms with E-state index in [1.165, 1.54) is 42.7 Å². The van der Waals surface area contributed by atoms with Crippen LogP contribution in [0.3, 0.4) is 0 Å². The van der Waals surface area contributed by atoms with Gasteiger partial charge in [0.15, 0.2) is 0 Å². The minimum absolute atomic E-state index is 0.0247. The zero-order valence-electron chi connectivity index (χ0n) is 18.4. The van der Waals surface area contributed by atoms with Crippen LogP contribution in [0, 0.1) is 0 Å². The van der Waals surface area contributed by atoms with E-state index in [-0.39, 0.29) is 28.0 Å². The molecule has 0 aliphatic rings. The van der Waals surface area contributed by atoms with Crippen LogP contribution >= 0.6 is 0 Å². The van der Waals surface area contributed by atoms with Crippen LogP contribution in [-0.2, 0) is 26.2 Å². The fourth-order valence-corrected chi connectivity index (χ4v) is 4.78. The van der Waals surface area contributed by atoms with Gasteiger partial charge < -0.3 is 14.6 Å². The topological polar surface area (TPSA) is 178 Å². The molecule has 0 aliphatic carbocycles. The number of nitrogens with zero attached hydrogens (tertiary/aromatic N) is 2. The number of furan rings is 1. The summed E-state index contributed by atoms with van der Waals surface area (Å²) in [7, 11) is -4.02. The molecule has 2 aromatic heterocycles. The quantitative estimate of drug-likeness (QED) is 0.300. The summed E-state index contributed by atoms with van der Waals surface area (Å²) in [6.07, 6.45) is 0.330. The summed E-state index contributed by atoms with van der Waals surface area (Å²) in [4.78, 5) is 49.7. The number of nitrogens with one attached hydrogen (secondary N) is 1. The molecule has 186 valence electrons. The molecule has 12 nitrogen and oxygen atoms in total. The van der Waals surface area contributed by atoms with Crippen molar-refractivity contribution in [1.29, 1.82) is 0 Å². The molecule has 1 atom stereocenters. The van der Waals surface area contributed by atoms with Crippen molar-refractivity contribution >= 4 is 38.6 Å². The largest absolute Gasteiger partial charge is 0.481 e. The molecule has 0 saturated carbocycles. The molecule has 0 saturated heterocycles. The maximum absolute atomic E-state index is 13.3. The van der Waals surface area contributed by atoms with Gasteiger partial charge in [-0.15, -0.1) is 0 Å². The highest BCUT2D eigenvalue weighted by Crippen LogP contribution is 2.21. The molecule has 4 aromatic rings. The number of carbonyl (C=O) groups is 2. The summed E-state index contributed by atoms with van der Waals surface area (Å²) >= 11 is 0. The summed E-state index contributed by atoms with van der Waals surface area (Å²) in [6, 6.07) is 12.4. The molecular weight excluding hydrogens is 494 g/mol. The molecule has 2 heterocycles. The van der Waals surface area contributed by atoms with Crippen LogP contribution in [-0.4, -0.2) is 39.7 Å². The molecule has 0 spiro atoms. The van der Waals surface area contributed by atoms with Crippen molar-refractivity contribution in [1.82, 2.24) is 9.13 Å². The van der Waals surface area contributed by atoms with E-state index < -0.39 is 45.7 Å². The fourth-order valence-electron chi connectivity index (χ4n) is 3.71. The Balaban J connectivity index is 1.94. The molecule has 2 aromatic carbocycles. The third kappa shape index (κ3) is 4.77. The van der Waals surface area contributed by atoms with Crippen molar-refractivity contribution < 1.29 is 32.6 Å². The van der Waals surface area contributed by atoms with Crippen LogP contribution in [0.2, 0.25) is 0 Å². The van der Waals surface area contributed by atoms with Crippen molar-refractivity contribution in [3.05, 3.63) is 93.5 Å². The monoisotopic (exact) mass is 513 g/mol. The summed E-state index contributed by atoms with van der Waals surface area (Å²) in [6.45, 7) is -0.197. The standard InChI is InChI=1S/C23H19N3O9S/c27-20(28)12-19(22(30)31)26-21(29)17-11-14(24-36(33,34)16-6-2-1-3-7-16)8-9-18(17)25(23(26)32)13-15-5-4-10-35-15/h1-11,19,24H,12-13H2,(H,27,28)(H,30,31)/t19-/m0/s1. The van der Waals surface area contributed by atoms with E-state index in [1.807, 2.05) is 0 Å². The van der Waals surface area contributed by atoms with Gasteiger partial charge in [-0.25, -0.2) is 22.6 Å². The second-order valence-electron chi connectivity index (χ2n) is 7.73. The maximum Gasteiger partial charge on any atom is 0.332 e. The average Bonchev–Trinajstić information content (AvgIpc) is 3.34. The van der Waals surface area contributed by atoms with Crippen LogP contribution in [0.25, 0.3) is 10.9 Å². The second kappa shape index (κ2) is 9.54. The van der Waals surface area contributed by atoms with Gasteiger partial charge in [-0.2, -0.15) is 0 Å². The van der Waals surface area contributed by atoms with E-state index in [0.717, 1.165) is 10.6 Å². The minimum Gasteiger partial charge on any atom is -0.481 e. The summed E-state index contributed by atoms with van der Waals surface area (Å²) in [5, 5.41) is 18.6. The Labute approximate surface area is 202 Å². The van der Waals surface area contributed by atoms with E-state index in [4.69, 9.17) is 9.52 Å². The van der Waals surface area contributed by atoms with Gasteiger partial charge in [0.05, 0.1) is 35.0 Å². The van der Waals surface area contributed by atoms with Crippen LogP contribution in [0.4, 0.5) is 5.69 Å². The van der Waals surface area contributed by atoms with E-state index in [9.17, 15) is 32.7 Å². The third-order valence-corrected chi connectivity index (χ3v) is 6.74. The average molecular weight is 513 g/mol. The highest BCUT2D eigenvalue weighted by atomic mass is 32.2. The van der Waals surface area contributed by atoms with E-state index in [2.05, 4.69) is 4.72 Å². The summed E-state index contributed by atoms with van der Waals surface area (Å²) < 4.78 is 34.5. The second-order valence-corrected chi connectivity index (χ2v) is 9.41.